The van der Waals surface area contributed by atoms with Gasteiger partial charge in [-0.1, -0.05) is 38.1 Å². The van der Waals surface area contributed by atoms with Crippen molar-refractivity contribution in [1.82, 2.24) is 4.57 Å². The van der Waals surface area contributed by atoms with Gasteiger partial charge in [-0.3, -0.25) is 0 Å². The number of carboxylic acids is 1. The number of carbonyl (C=O) groups is 1. The van der Waals surface area contributed by atoms with Crippen LogP contribution in [-0.2, 0) is 6.54 Å². The molecule has 1 fully saturated rings. The number of aromatic nitrogens is 1. The van der Waals surface area contributed by atoms with Crippen LogP contribution in [0.4, 0.5) is 0 Å². The van der Waals surface area contributed by atoms with Crippen molar-refractivity contribution in [3.63, 3.8) is 0 Å². The number of fused-ring (bicyclic) bond motifs is 1. The van der Waals surface area contributed by atoms with Gasteiger partial charge in [-0.25, -0.2) is 4.79 Å². The maximum absolute atomic E-state index is 12.7. The van der Waals surface area contributed by atoms with Crippen LogP contribution in [0.25, 0.3) is 22.0 Å². The van der Waals surface area contributed by atoms with Crippen LogP contribution in [0, 0.1) is 11.8 Å². The van der Waals surface area contributed by atoms with Gasteiger partial charge >= 0.3 is 5.97 Å². The molecular weight excluding hydrogens is 466 g/mol. The third-order valence-corrected chi connectivity index (χ3v) is 6.62. The van der Waals surface area contributed by atoms with Crippen LogP contribution < -0.4 is 14.2 Å². The molecule has 3 aromatic carbocycles. The Morgan fingerprint density at radius 2 is 1.73 bits per heavy atom. The van der Waals surface area contributed by atoms with E-state index in [1.165, 1.54) is 12.8 Å². The van der Waals surface area contributed by atoms with E-state index >= 15 is 0 Å². The van der Waals surface area contributed by atoms with Gasteiger partial charge in [0.1, 0.15) is 22.9 Å². The first kappa shape index (κ1) is 24.8. The lowest BCUT2D eigenvalue weighted by Gasteiger charge is -2.11. The van der Waals surface area contributed by atoms with Crippen LogP contribution in [0.5, 0.6) is 17.2 Å². The quantitative estimate of drug-likeness (QED) is 0.243. The number of nitrogens with zero attached hydrogens (tertiary/aromatic N) is 1. The van der Waals surface area contributed by atoms with Gasteiger partial charge < -0.3 is 23.9 Å². The highest BCUT2D eigenvalue weighted by atomic mass is 16.5. The first-order valence-corrected chi connectivity index (χ1v) is 12.8. The summed E-state index contributed by atoms with van der Waals surface area (Å²) < 4.78 is 19.2. The number of hydrogen-bond acceptors (Lipinski definition) is 4. The second kappa shape index (κ2) is 10.6. The summed E-state index contributed by atoms with van der Waals surface area (Å²) in [6.07, 6.45) is 2.46. The van der Waals surface area contributed by atoms with Crippen LogP contribution in [0.15, 0.2) is 66.7 Å². The lowest BCUT2D eigenvalue weighted by molar-refractivity contribution is 0.0687. The summed E-state index contributed by atoms with van der Waals surface area (Å²) in [7, 11) is 1.63. The van der Waals surface area contributed by atoms with E-state index in [2.05, 4.69) is 13.8 Å². The highest BCUT2D eigenvalue weighted by molar-refractivity contribution is 6.08. The SMILES string of the molecule is COc1cccc(Cn2c(C(=O)O)c(-c3ccc(OCC4CC4)cc3)c3cc(OCC(C)C)ccc32)c1. The van der Waals surface area contributed by atoms with Crippen molar-refractivity contribution >= 4 is 16.9 Å². The zero-order valence-corrected chi connectivity index (χ0v) is 21.6. The molecular formula is C31H33NO5. The molecule has 1 aliphatic carbocycles. The average Bonchev–Trinajstić information content (AvgIpc) is 3.68. The minimum absolute atomic E-state index is 0.241. The number of benzene rings is 3. The van der Waals surface area contributed by atoms with E-state index in [0.29, 0.717) is 30.6 Å². The predicted octanol–water partition coefficient (Wildman–Crippen LogP) is 6.89. The molecule has 4 aromatic rings. The van der Waals surface area contributed by atoms with Crippen LogP contribution in [-0.4, -0.2) is 36.0 Å². The molecule has 0 bridgehead atoms. The molecule has 6 heteroatoms. The predicted molar refractivity (Wildman–Crippen MR) is 145 cm³/mol. The normalized spacial score (nSPS) is 13.2. The highest BCUT2D eigenvalue weighted by Crippen LogP contribution is 2.39. The van der Waals surface area contributed by atoms with Crippen LogP contribution in [0.2, 0.25) is 0 Å². The molecule has 0 radical (unpaired) electrons. The van der Waals surface area contributed by atoms with Gasteiger partial charge in [0.15, 0.2) is 0 Å². The van der Waals surface area contributed by atoms with E-state index in [0.717, 1.165) is 45.9 Å². The standard InChI is InChI=1S/C31H33NO5/c1-20(2)18-36-26-13-14-28-27(16-26)29(23-9-11-24(12-10-23)37-19-21-7-8-21)30(31(33)34)32(28)17-22-5-4-6-25(15-22)35-3/h4-6,9-16,20-21H,7-8,17-19H2,1-3H3,(H,33,34). The molecule has 1 heterocycles. The van der Waals surface area contributed by atoms with Gasteiger partial charge in [-0.2, -0.15) is 0 Å². The lowest BCUT2D eigenvalue weighted by Crippen LogP contribution is -2.10. The molecule has 1 aromatic heterocycles. The topological polar surface area (TPSA) is 69.9 Å². The largest absolute Gasteiger partial charge is 0.497 e. The average molecular weight is 500 g/mol. The van der Waals surface area contributed by atoms with Crippen LogP contribution in [0.3, 0.4) is 0 Å². The Morgan fingerprint density at radius 3 is 2.41 bits per heavy atom. The van der Waals surface area contributed by atoms with Crippen molar-refractivity contribution in [2.24, 2.45) is 11.8 Å². The smallest absolute Gasteiger partial charge is 0.353 e. The van der Waals surface area contributed by atoms with Crippen molar-refractivity contribution in [2.45, 2.75) is 33.2 Å². The molecule has 1 aliphatic rings. The second-order valence-electron chi connectivity index (χ2n) is 10.1. The maximum Gasteiger partial charge on any atom is 0.353 e. The van der Waals surface area contributed by atoms with E-state index in [9.17, 15) is 9.90 Å². The number of carboxylic acid groups (broad SMARTS) is 1. The van der Waals surface area contributed by atoms with Gasteiger partial charge in [0.25, 0.3) is 0 Å². The summed E-state index contributed by atoms with van der Waals surface area (Å²) in [4.78, 5) is 12.7. The van der Waals surface area contributed by atoms with Gasteiger partial charge in [0, 0.05) is 23.0 Å². The van der Waals surface area contributed by atoms with E-state index in [1.54, 1.807) is 7.11 Å². The monoisotopic (exact) mass is 499 g/mol. The minimum atomic E-state index is -0.979. The molecule has 192 valence electrons. The zero-order chi connectivity index (χ0) is 25.9. The van der Waals surface area contributed by atoms with Crippen molar-refractivity contribution in [2.75, 3.05) is 20.3 Å². The number of aromatic carboxylic acids is 1. The number of hydrogen-bond donors (Lipinski definition) is 1. The van der Waals surface area contributed by atoms with Crippen molar-refractivity contribution in [3.05, 3.63) is 78.0 Å². The summed E-state index contributed by atoms with van der Waals surface area (Å²) in [5.74, 6) is 2.32. The molecule has 0 spiro atoms. The number of ether oxygens (including phenoxy) is 3. The molecule has 0 unspecified atom stereocenters. The second-order valence-corrected chi connectivity index (χ2v) is 10.1. The molecule has 1 N–H and O–H groups in total. The molecule has 0 atom stereocenters. The molecule has 0 saturated heterocycles. The summed E-state index contributed by atoms with van der Waals surface area (Å²) >= 11 is 0. The molecule has 1 saturated carbocycles. The Bertz CT molecular complexity index is 1400. The van der Waals surface area contributed by atoms with E-state index < -0.39 is 5.97 Å². The van der Waals surface area contributed by atoms with Gasteiger partial charge in [-0.05, 0) is 78.3 Å². The van der Waals surface area contributed by atoms with Crippen molar-refractivity contribution in [3.8, 4) is 28.4 Å². The molecule has 37 heavy (non-hydrogen) atoms. The van der Waals surface area contributed by atoms with E-state index in [4.69, 9.17) is 14.2 Å². The fourth-order valence-corrected chi connectivity index (χ4v) is 4.54. The summed E-state index contributed by atoms with van der Waals surface area (Å²) in [6.45, 7) is 5.91. The third kappa shape index (κ3) is 5.58. The van der Waals surface area contributed by atoms with Gasteiger partial charge in [0.05, 0.1) is 20.3 Å². The lowest BCUT2D eigenvalue weighted by atomic mass is 10.0. The van der Waals surface area contributed by atoms with Crippen molar-refractivity contribution < 1.29 is 24.1 Å². The Hall–Kier alpha value is -3.93. The first-order chi connectivity index (χ1) is 17.9. The Labute approximate surface area is 217 Å². The summed E-state index contributed by atoms with van der Waals surface area (Å²) in [6, 6.07) is 21.3. The van der Waals surface area contributed by atoms with E-state index in [-0.39, 0.29) is 5.69 Å². The molecule has 5 rings (SSSR count). The highest BCUT2D eigenvalue weighted by Gasteiger charge is 2.25. The van der Waals surface area contributed by atoms with Crippen LogP contribution >= 0.6 is 0 Å². The van der Waals surface area contributed by atoms with Gasteiger partial charge in [-0.15, -0.1) is 0 Å². The maximum atomic E-state index is 12.7. The van der Waals surface area contributed by atoms with Gasteiger partial charge in [0.2, 0.25) is 0 Å². The summed E-state index contributed by atoms with van der Waals surface area (Å²) in [5.41, 5.74) is 3.53. The Morgan fingerprint density at radius 1 is 0.973 bits per heavy atom. The van der Waals surface area contributed by atoms with Crippen LogP contribution in [0.1, 0.15) is 42.7 Å². The fraction of sp³-hybridized carbons (Fsp3) is 0.323. The van der Waals surface area contributed by atoms with Crippen molar-refractivity contribution in [1.29, 1.82) is 0 Å². The Kier molecular flexibility index (Phi) is 7.08. The minimum Gasteiger partial charge on any atom is -0.497 e. The summed E-state index contributed by atoms with van der Waals surface area (Å²) in [5, 5.41) is 11.3. The molecule has 0 aliphatic heterocycles. The number of rotatable bonds is 11. The fourth-order valence-electron chi connectivity index (χ4n) is 4.54. The van der Waals surface area contributed by atoms with E-state index in [1.807, 2.05) is 71.3 Å². The first-order valence-electron chi connectivity index (χ1n) is 12.8. The zero-order valence-electron chi connectivity index (χ0n) is 21.6. The third-order valence-electron chi connectivity index (χ3n) is 6.62. The number of methoxy groups -OCH3 is 1. The molecule has 0 amide bonds. The molecule has 6 nitrogen and oxygen atoms in total. The Balaban J connectivity index is 1.62.